The van der Waals surface area contributed by atoms with Crippen molar-refractivity contribution in [1.29, 1.82) is 0 Å². The first-order valence-electron chi connectivity index (χ1n) is 11.0. The third-order valence-corrected chi connectivity index (χ3v) is 9.77. The highest BCUT2D eigenvalue weighted by molar-refractivity contribution is 7.91. The molecular weight excluding hydrogens is 446 g/mol. The highest BCUT2D eigenvalue weighted by Gasteiger charge is 2.30. The van der Waals surface area contributed by atoms with Crippen LogP contribution in [-0.4, -0.2) is 51.0 Å². The lowest BCUT2D eigenvalue weighted by Gasteiger charge is -2.35. The molecule has 5 rings (SSSR count). The zero-order valence-corrected chi connectivity index (χ0v) is 19.7. The van der Waals surface area contributed by atoms with Crippen LogP contribution in [0.15, 0.2) is 51.2 Å². The van der Waals surface area contributed by atoms with Gasteiger partial charge >= 0.3 is 0 Å². The molecule has 0 amide bonds. The highest BCUT2D eigenvalue weighted by atomic mass is 32.2. The van der Waals surface area contributed by atoms with Gasteiger partial charge in [-0.15, -0.1) is 11.3 Å². The van der Waals surface area contributed by atoms with Gasteiger partial charge in [0.25, 0.3) is 10.0 Å². The van der Waals surface area contributed by atoms with E-state index in [2.05, 4.69) is 9.88 Å². The molecule has 1 aromatic carbocycles. The van der Waals surface area contributed by atoms with Crippen LogP contribution in [0.5, 0.6) is 5.75 Å². The Balaban J connectivity index is 1.27. The van der Waals surface area contributed by atoms with E-state index in [9.17, 15) is 8.42 Å². The first kappa shape index (κ1) is 21.5. The van der Waals surface area contributed by atoms with E-state index in [0.29, 0.717) is 42.1 Å². The molecule has 0 atom stereocenters. The summed E-state index contributed by atoms with van der Waals surface area (Å²) in [5, 5.41) is 0. The number of aromatic nitrogens is 1. The van der Waals surface area contributed by atoms with E-state index in [0.717, 1.165) is 35.0 Å². The van der Waals surface area contributed by atoms with E-state index in [1.54, 1.807) is 23.7 Å². The quantitative estimate of drug-likeness (QED) is 0.522. The van der Waals surface area contributed by atoms with Gasteiger partial charge in [-0.05, 0) is 37.1 Å². The maximum absolute atomic E-state index is 13.2. The molecule has 7 nitrogen and oxygen atoms in total. The van der Waals surface area contributed by atoms with Crippen molar-refractivity contribution in [2.24, 2.45) is 0 Å². The van der Waals surface area contributed by atoms with Crippen molar-refractivity contribution in [2.75, 3.05) is 38.2 Å². The molecule has 0 N–H and O–H groups in total. The van der Waals surface area contributed by atoms with Crippen molar-refractivity contribution >= 4 is 27.0 Å². The molecular formula is C23H27N3O4S2. The summed E-state index contributed by atoms with van der Waals surface area (Å²) in [4.78, 5) is 7.44. The van der Waals surface area contributed by atoms with Gasteiger partial charge in [-0.3, -0.25) is 0 Å². The molecule has 170 valence electrons. The van der Waals surface area contributed by atoms with Crippen molar-refractivity contribution < 1.29 is 17.6 Å². The molecule has 0 bridgehead atoms. The third kappa shape index (κ3) is 4.16. The molecule has 1 aliphatic carbocycles. The molecule has 2 fully saturated rings. The van der Waals surface area contributed by atoms with Gasteiger partial charge in [0.15, 0.2) is 11.7 Å². The van der Waals surface area contributed by atoms with Crippen LogP contribution in [-0.2, 0) is 10.0 Å². The normalized spacial score (nSPS) is 18.3. The van der Waals surface area contributed by atoms with Crippen LogP contribution >= 0.6 is 11.3 Å². The number of hydrogen-bond acceptors (Lipinski definition) is 7. The highest BCUT2D eigenvalue weighted by Crippen LogP contribution is 2.38. The summed E-state index contributed by atoms with van der Waals surface area (Å²) in [6, 6.07) is 11.4. The van der Waals surface area contributed by atoms with Crippen molar-refractivity contribution in [3.05, 3.63) is 48.5 Å². The van der Waals surface area contributed by atoms with Gasteiger partial charge in [0.1, 0.15) is 9.96 Å². The second kappa shape index (κ2) is 8.88. The van der Waals surface area contributed by atoms with Gasteiger partial charge in [-0.2, -0.15) is 4.31 Å². The number of methoxy groups -OCH3 is 1. The molecule has 0 radical (unpaired) electrons. The molecule has 0 spiro atoms. The Morgan fingerprint density at radius 3 is 2.62 bits per heavy atom. The molecule has 2 aromatic heterocycles. The number of benzene rings is 1. The van der Waals surface area contributed by atoms with Gasteiger partial charge in [0.2, 0.25) is 0 Å². The number of anilines is 1. The zero-order valence-electron chi connectivity index (χ0n) is 18.1. The minimum atomic E-state index is -3.54. The number of sulfonamides is 1. The summed E-state index contributed by atoms with van der Waals surface area (Å²) in [7, 11) is -1.89. The van der Waals surface area contributed by atoms with E-state index < -0.39 is 10.0 Å². The maximum atomic E-state index is 13.2. The predicted octanol–water partition coefficient (Wildman–Crippen LogP) is 4.58. The number of oxazole rings is 1. The second-order valence-electron chi connectivity index (χ2n) is 8.26. The summed E-state index contributed by atoms with van der Waals surface area (Å²) < 4.78 is 39.7. The predicted molar refractivity (Wildman–Crippen MR) is 125 cm³/mol. The zero-order chi connectivity index (χ0) is 22.1. The second-order valence-corrected chi connectivity index (χ2v) is 11.5. The van der Waals surface area contributed by atoms with Crippen LogP contribution in [0, 0.1) is 0 Å². The number of ether oxygens (including phenoxy) is 1. The van der Waals surface area contributed by atoms with Crippen LogP contribution in [0.4, 0.5) is 5.69 Å². The lowest BCUT2D eigenvalue weighted by Crippen LogP contribution is -2.48. The molecule has 32 heavy (non-hydrogen) atoms. The molecule has 1 saturated heterocycles. The summed E-state index contributed by atoms with van der Waals surface area (Å²) in [6.45, 7) is 2.16. The minimum Gasteiger partial charge on any atom is -0.497 e. The lowest BCUT2D eigenvalue weighted by atomic mass is 10.1. The molecule has 2 aliphatic rings. The Kier molecular flexibility index (Phi) is 5.96. The molecule has 1 aliphatic heterocycles. The SMILES string of the molecule is COc1cccc(N2CCN(S(=O)(=O)c3ccc(-c4cnc(C5CCCC5)o4)s3)CC2)c1. The van der Waals surface area contributed by atoms with Gasteiger partial charge in [0.05, 0.1) is 18.2 Å². The maximum Gasteiger partial charge on any atom is 0.252 e. The summed E-state index contributed by atoms with van der Waals surface area (Å²) >= 11 is 1.25. The molecule has 1 saturated carbocycles. The number of hydrogen-bond donors (Lipinski definition) is 0. The van der Waals surface area contributed by atoms with Crippen LogP contribution in [0.25, 0.3) is 10.6 Å². The number of thiophene rings is 1. The number of nitrogens with zero attached hydrogens (tertiary/aromatic N) is 3. The van der Waals surface area contributed by atoms with Crippen LogP contribution in [0.2, 0.25) is 0 Å². The van der Waals surface area contributed by atoms with Crippen molar-refractivity contribution in [1.82, 2.24) is 9.29 Å². The first-order valence-corrected chi connectivity index (χ1v) is 13.3. The van der Waals surface area contributed by atoms with Crippen LogP contribution < -0.4 is 9.64 Å². The summed E-state index contributed by atoms with van der Waals surface area (Å²) in [5.41, 5.74) is 1.04. The Hall–Kier alpha value is -2.36. The van der Waals surface area contributed by atoms with Gasteiger partial charge in [0, 0.05) is 43.9 Å². The Morgan fingerprint density at radius 2 is 1.88 bits per heavy atom. The lowest BCUT2D eigenvalue weighted by molar-refractivity contribution is 0.385. The topological polar surface area (TPSA) is 75.9 Å². The Bertz CT molecular complexity index is 1170. The smallest absolute Gasteiger partial charge is 0.252 e. The van der Waals surface area contributed by atoms with Crippen molar-refractivity contribution in [3.8, 4) is 16.4 Å². The van der Waals surface area contributed by atoms with Gasteiger partial charge in [-0.1, -0.05) is 18.9 Å². The van der Waals surface area contributed by atoms with Crippen LogP contribution in [0.3, 0.4) is 0 Å². The molecule has 3 heterocycles. The molecule has 3 aromatic rings. The fraction of sp³-hybridized carbons (Fsp3) is 0.435. The Labute approximate surface area is 192 Å². The standard InChI is InChI=1S/C23H27N3O4S2/c1-29-19-8-4-7-18(15-19)25-11-13-26(14-12-25)32(27,28)22-10-9-21(31-22)20-16-24-23(30-20)17-5-2-3-6-17/h4,7-10,15-17H,2-3,5-6,11-14H2,1H3. The fourth-order valence-electron chi connectivity index (χ4n) is 4.48. The Morgan fingerprint density at radius 1 is 1.09 bits per heavy atom. The minimum absolute atomic E-state index is 0.348. The van der Waals surface area contributed by atoms with Crippen molar-refractivity contribution in [3.63, 3.8) is 0 Å². The largest absolute Gasteiger partial charge is 0.497 e. The first-order chi connectivity index (χ1) is 15.5. The monoisotopic (exact) mass is 473 g/mol. The third-order valence-electron chi connectivity index (χ3n) is 6.30. The molecule has 9 heteroatoms. The van der Waals surface area contributed by atoms with E-state index in [-0.39, 0.29) is 0 Å². The van der Waals surface area contributed by atoms with Crippen molar-refractivity contribution in [2.45, 2.75) is 35.8 Å². The van der Waals surface area contributed by atoms with Gasteiger partial charge in [-0.25, -0.2) is 13.4 Å². The summed E-state index contributed by atoms with van der Waals surface area (Å²) in [6.07, 6.45) is 6.39. The van der Waals surface area contributed by atoms with Crippen LogP contribution in [0.1, 0.15) is 37.5 Å². The number of piperazine rings is 1. The van der Waals surface area contributed by atoms with E-state index in [4.69, 9.17) is 9.15 Å². The average Bonchev–Trinajstić information content (AvgIpc) is 3.60. The fourth-order valence-corrected chi connectivity index (χ4v) is 7.30. The van der Waals surface area contributed by atoms with E-state index >= 15 is 0 Å². The van der Waals surface area contributed by atoms with E-state index in [1.165, 1.54) is 24.2 Å². The van der Waals surface area contributed by atoms with E-state index in [1.807, 2.05) is 30.3 Å². The average molecular weight is 474 g/mol. The molecule has 0 unspecified atom stereocenters. The van der Waals surface area contributed by atoms with Gasteiger partial charge < -0.3 is 14.1 Å². The number of rotatable bonds is 6. The summed E-state index contributed by atoms with van der Waals surface area (Å²) in [5.74, 6) is 2.63.